The Morgan fingerprint density at radius 2 is 2.35 bits per heavy atom. The molecule has 5 heteroatoms. The van der Waals surface area contributed by atoms with Gasteiger partial charge < -0.3 is 15.0 Å². The molecule has 2 aliphatic rings. The summed E-state index contributed by atoms with van der Waals surface area (Å²) in [6, 6.07) is 6.22. The zero-order valence-electron chi connectivity index (χ0n) is 11.6. The Morgan fingerprint density at radius 3 is 3.10 bits per heavy atom. The number of benzene rings is 1. The lowest BCUT2D eigenvalue weighted by molar-refractivity contribution is -0.131. The van der Waals surface area contributed by atoms with Crippen LogP contribution in [0.4, 0.5) is 0 Å². The average molecular weight is 339 g/mol. The quantitative estimate of drug-likeness (QED) is 0.918. The van der Waals surface area contributed by atoms with Crippen molar-refractivity contribution in [1.82, 2.24) is 10.2 Å². The third-order valence-corrected chi connectivity index (χ3v) is 5.02. The fourth-order valence-electron chi connectivity index (χ4n) is 3.15. The SMILES string of the molecule is COc1ccc(Br)c(CN2CC3NCCCC3C2=O)c1. The number of hydrogen-bond acceptors (Lipinski definition) is 3. The van der Waals surface area contributed by atoms with Crippen LogP contribution in [0.2, 0.25) is 0 Å². The van der Waals surface area contributed by atoms with Crippen LogP contribution in [0.3, 0.4) is 0 Å². The molecule has 20 heavy (non-hydrogen) atoms. The normalized spacial score (nSPS) is 25.7. The fraction of sp³-hybridized carbons (Fsp3) is 0.533. The van der Waals surface area contributed by atoms with Gasteiger partial charge in [-0.1, -0.05) is 15.9 Å². The van der Waals surface area contributed by atoms with E-state index in [1.165, 1.54) is 0 Å². The Hall–Kier alpha value is -1.07. The molecule has 1 N–H and O–H groups in total. The molecule has 2 saturated heterocycles. The molecule has 4 nitrogen and oxygen atoms in total. The molecule has 2 atom stereocenters. The number of rotatable bonds is 3. The molecule has 0 aliphatic carbocycles. The Morgan fingerprint density at radius 1 is 1.50 bits per heavy atom. The van der Waals surface area contributed by atoms with Crippen molar-refractivity contribution in [3.63, 3.8) is 0 Å². The molecule has 0 saturated carbocycles. The van der Waals surface area contributed by atoms with Gasteiger partial charge in [-0.25, -0.2) is 0 Å². The number of halogens is 1. The molecule has 2 aliphatic heterocycles. The second-order valence-electron chi connectivity index (χ2n) is 5.49. The van der Waals surface area contributed by atoms with Crippen molar-refractivity contribution in [2.45, 2.75) is 25.4 Å². The van der Waals surface area contributed by atoms with Gasteiger partial charge in [-0.15, -0.1) is 0 Å². The van der Waals surface area contributed by atoms with Crippen molar-refractivity contribution in [3.8, 4) is 5.75 Å². The molecular weight excluding hydrogens is 320 g/mol. The number of carbonyl (C=O) groups excluding carboxylic acids is 1. The lowest BCUT2D eigenvalue weighted by atomic mass is 9.94. The summed E-state index contributed by atoms with van der Waals surface area (Å²) < 4.78 is 6.28. The van der Waals surface area contributed by atoms with Crippen LogP contribution in [0.5, 0.6) is 5.75 Å². The van der Waals surface area contributed by atoms with Crippen LogP contribution in [0.25, 0.3) is 0 Å². The van der Waals surface area contributed by atoms with Gasteiger partial charge in [0.2, 0.25) is 5.91 Å². The number of nitrogens with zero attached hydrogens (tertiary/aromatic N) is 1. The van der Waals surface area contributed by atoms with E-state index in [9.17, 15) is 4.79 Å². The first-order chi connectivity index (χ1) is 9.69. The summed E-state index contributed by atoms with van der Waals surface area (Å²) in [5, 5.41) is 3.47. The molecule has 2 unspecified atom stereocenters. The van der Waals surface area contributed by atoms with Gasteiger partial charge in [-0.2, -0.15) is 0 Å². The van der Waals surface area contributed by atoms with Crippen LogP contribution in [0.15, 0.2) is 22.7 Å². The molecule has 2 fully saturated rings. The third-order valence-electron chi connectivity index (χ3n) is 4.24. The number of ether oxygens (including phenoxy) is 1. The van der Waals surface area contributed by atoms with Gasteiger partial charge in [-0.05, 0) is 43.1 Å². The fourth-order valence-corrected chi connectivity index (χ4v) is 3.52. The van der Waals surface area contributed by atoms with Crippen LogP contribution < -0.4 is 10.1 Å². The molecule has 1 aromatic carbocycles. The molecule has 108 valence electrons. The van der Waals surface area contributed by atoms with Crippen LogP contribution >= 0.6 is 15.9 Å². The van der Waals surface area contributed by atoms with E-state index in [1.807, 2.05) is 23.1 Å². The number of nitrogens with one attached hydrogen (secondary N) is 1. The number of methoxy groups -OCH3 is 1. The number of carbonyl (C=O) groups is 1. The first-order valence-electron chi connectivity index (χ1n) is 7.03. The summed E-state index contributed by atoms with van der Waals surface area (Å²) >= 11 is 3.55. The summed E-state index contributed by atoms with van der Waals surface area (Å²) in [6.45, 7) is 2.49. The highest BCUT2D eigenvalue weighted by atomic mass is 79.9. The molecule has 0 bridgehead atoms. The maximum absolute atomic E-state index is 12.4. The predicted molar refractivity (Wildman–Crippen MR) is 80.6 cm³/mol. The second-order valence-corrected chi connectivity index (χ2v) is 6.34. The van der Waals surface area contributed by atoms with Crippen molar-refractivity contribution in [2.75, 3.05) is 20.2 Å². The average Bonchev–Trinajstić information content (AvgIpc) is 2.78. The summed E-state index contributed by atoms with van der Waals surface area (Å²) in [5.41, 5.74) is 1.09. The monoisotopic (exact) mass is 338 g/mol. The van der Waals surface area contributed by atoms with Gasteiger partial charge in [0, 0.05) is 23.6 Å². The molecule has 0 spiro atoms. The van der Waals surface area contributed by atoms with E-state index in [4.69, 9.17) is 4.74 Å². The van der Waals surface area contributed by atoms with Crippen molar-refractivity contribution in [2.24, 2.45) is 5.92 Å². The summed E-state index contributed by atoms with van der Waals surface area (Å²) in [7, 11) is 1.66. The van der Waals surface area contributed by atoms with Gasteiger partial charge in [0.05, 0.1) is 13.0 Å². The third kappa shape index (κ3) is 2.56. The lowest BCUT2D eigenvalue weighted by Crippen LogP contribution is -2.41. The number of piperidine rings is 1. The van der Waals surface area contributed by atoms with Crippen molar-refractivity contribution in [1.29, 1.82) is 0 Å². The van der Waals surface area contributed by atoms with E-state index in [0.29, 0.717) is 12.6 Å². The molecule has 3 rings (SSSR count). The second kappa shape index (κ2) is 5.74. The van der Waals surface area contributed by atoms with Gasteiger partial charge in [-0.3, -0.25) is 4.79 Å². The minimum atomic E-state index is 0.174. The first-order valence-corrected chi connectivity index (χ1v) is 7.83. The van der Waals surface area contributed by atoms with Gasteiger partial charge in [0.15, 0.2) is 0 Å². The standard InChI is InChI=1S/C15H19BrN2O2/c1-20-11-4-5-13(16)10(7-11)8-18-9-14-12(15(18)19)3-2-6-17-14/h4-5,7,12,14,17H,2-3,6,8-9H2,1H3. The van der Waals surface area contributed by atoms with E-state index in [2.05, 4.69) is 21.2 Å². The van der Waals surface area contributed by atoms with Crippen molar-refractivity contribution in [3.05, 3.63) is 28.2 Å². The van der Waals surface area contributed by atoms with Gasteiger partial charge in [0.25, 0.3) is 0 Å². The van der Waals surface area contributed by atoms with E-state index >= 15 is 0 Å². The van der Waals surface area contributed by atoms with E-state index < -0.39 is 0 Å². The molecule has 1 amide bonds. The summed E-state index contributed by atoms with van der Waals surface area (Å²) in [5.74, 6) is 1.29. The molecule has 1 aromatic rings. The zero-order chi connectivity index (χ0) is 14.1. The Bertz CT molecular complexity index is 521. The molecule has 2 heterocycles. The molecular formula is C15H19BrN2O2. The first kappa shape index (κ1) is 13.9. The lowest BCUT2D eigenvalue weighted by Gasteiger charge is -2.23. The highest BCUT2D eigenvalue weighted by molar-refractivity contribution is 9.10. The molecule has 0 radical (unpaired) electrons. The Kier molecular flexibility index (Phi) is 3.98. The number of hydrogen-bond donors (Lipinski definition) is 1. The van der Waals surface area contributed by atoms with E-state index in [1.54, 1.807) is 7.11 Å². The summed E-state index contributed by atoms with van der Waals surface area (Å²) in [4.78, 5) is 14.4. The van der Waals surface area contributed by atoms with Crippen LogP contribution in [-0.4, -0.2) is 37.0 Å². The highest BCUT2D eigenvalue weighted by Gasteiger charge is 2.41. The number of likely N-dealkylation sites (tertiary alicyclic amines) is 1. The maximum Gasteiger partial charge on any atom is 0.227 e. The van der Waals surface area contributed by atoms with Crippen molar-refractivity contribution < 1.29 is 9.53 Å². The number of fused-ring (bicyclic) bond motifs is 1. The van der Waals surface area contributed by atoms with Gasteiger partial charge >= 0.3 is 0 Å². The summed E-state index contributed by atoms with van der Waals surface area (Å²) in [6.07, 6.45) is 2.12. The van der Waals surface area contributed by atoms with Crippen LogP contribution in [-0.2, 0) is 11.3 Å². The van der Waals surface area contributed by atoms with Crippen LogP contribution in [0, 0.1) is 5.92 Å². The van der Waals surface area contributed by atoms with Crippen molar-refractivity contribution >= 4 is 21.8 Å². The molecule has 0 aromatic heterocycles. The highest BCUT2D eigenvalue weighted by Crippen LogP contribution is 2.30. The smallest absolute Gasteiger partial charge is 0.227 e. The minimum absolute atomic E-state index is 0.174. The minimum Gasteiger partial charge on any atom is -0.497 e. The Labute approximate surface area is 127 Å². The predicted octanol–water partition coefficient (Wildman–Crippen LogP) is 2.17. The topological polar surface area (TPSA) is 41.6 Å². The Balaban J connectivity index is 1.76. The van der Waals surface area contributed by atoms with E-state index in [0.717, 1.165) is 41.7 Å². The zero-order valence-corrected chi connectivity index (χ0v) is 13.1. The van der Waals surface area contributed by atoms with E-state index in [-0.39, 0.29) is 11.8 Å². The number of amides is 1. The maximum atomic E-state index is 12.4. The van der Waals surface area contributed by atoms with Gasteiger partial charge in [0.1, 0.15) is 5.75 Å². The van der Waals surface area contributed by atoms with Crippen LogP contribution in [0.1, 0.15) is 18.4 Å². The largest absolute Gasteiger partial charge is 0.497 e.